The maximum absolute atomic E-state index is 2.40. The largest absolute Gasteiger partial charge is 0.310 e. The van der Waals surface area contributed by atoms with Gasteiger partial charge in [0.05, 0.1) is 5.69 Å². The Labute approximate surface area is 307 Å². The van der Waals surface area contributed by atoms with Crippen LogP contribution in [0.1, 0.15) is 0 Å². The zero-order chi connectivity index (χ0) is 34.4. The third-order valence-electron chi connectivity index (χ3n) is 10.3. The van der Waals surface area contributed by atoms with E-state index >= 15 is 0 Å². The maximum atomic E-state index is 2.40. The zero-order valence-electron chi connectivity index (χ0n) is 28.4. The number of fused-ring (bicyclic) bond motifs is 6. The van der Waals surface area contributed by atoms with Crippen molar-refractivity contribution in [2.24, 2.45) is 0 Å². The van der Waals surface area contributed by atoms with E-state index in [1.165, 1.54) is 75.1 Å². The number of para-hydroxylation sites is 1. The van der Waals surface area contributed by atoms with Gasteiger partial charge in [0.25, 0.3) is 0 Å². The van der Waals surface area contributed by atoms with E-state index in [2.05, 4.69) is 205 Å². The molecule has 2 heteroatoms. The van der Waals surface area contributed by atoms with Gasteiger partial charge >= 0.3 is 0 Å². The molecule has 1 heterocycles. The lowest BCUT2D eigenvalue weighted by molar-refractivity contribution is 1.28. The van der Waals surface area contributed by atoms with Crippen molar-refractivity contribution in [3.05, 3.63) is 200 Å². The van der Waals surface area contributed by atoms with Crippen LogP contribution in [0.3, 0.4) is 0 Å². The molecule has 0 saturated heterocycles. The van der Waals surface area contributed by atoms with E-state index in [-0.39, 0.29) is 0 Å². The van der Waals surface area contributed by atoms with Gasteiger partial charge in [-0.15, -0.1) is 11.3 Å². The van der Waals surface area contributed by atoms with Crippen molar-refractivity contribution >= 4 is 70.1 Å². The first kappa shape index (κ1) is 30.4. The SMILES string of the molecule is c1ccc(-c2ccccc2N(c2ccc(-c3ccc4ccccc4c3)cc2)c2ccc(-c3cc4c5ccccc5sc4c4ccccc34)cc2)cc1. The molecule has 52 heavy (non-hydrogen) atoms. The summed E-state index contributed by atoms with van der Waals surface area (Å²) in [7, 11) is 0. The smallest absolute Gasteiger partial charge is 0.0540 e. The van der Waals surface area contributed by atoms with Crippen molar-refractivity contribution in [3.8, 4) is 33.4 Å². The van der Waals surface area contributed by atoms with E-state index in [0.29, 0.717) is 0 Å². The number of nitrogens with zero attached hydrogens (tertiary/aromatic N) is 1. The molecule has 1 nitrogen and oxygen atoms in total. The summed E-state index contributed by atoms with van der Waals surface area (Å²) < 4.78 is 2.68. The quantitative estimate of drug-likeness (QED) is 0.169. The molecular formula is C50H33NS. The van der Waals surface area contributed by atoms with E-state index in [1.54, 1.807) is 0 Å². The zero-order valence-corrected chi connectivity index (χ0v) is 29.2. The summed E-state index contributed by atoms with van der Waals surface area (Å²) >= 11 is 1.89. The summed E-state index contributed by atoms with van der Waals surface area (Å²) in [6.07, 6.45) is 0. The summed E-state index contributed by atoms with van der Waals surface area (Å²) in [4.78, 5) is 2.39. The minimum absolute atomic E-state index is 1.11. The third-order valence-corrected chi connectivity index (χ3v) is 11.5. The molecule has 0 atom stereocenters. The fraction of sp³-hybridized carbons (Fsp3) is 0. The average Bonchev–Trinajstić information content (AvgIpc) is 3.60. The van der Waals surface area contributed by atoms with E-state index in [4.69, 9.17) is 0 Å². The lowest BCUT2D eigenvalue weighted by Crippen LogP contribution is -2.11. The average molecular weight is 680 g/mol. The molecule has 0 aliphatic rings. The molecule has 9 aromatic carbocycles. The molecule has 0 saturated carbocycles. The Balaban J connectivity index is 1.11. The van der Waals surface area contributed by atoms with Crippen LogP contribution in [0.4, 0.5) is 17.1 Å². The van der Waals surface area contributed by atoms with E-state index in [1.807, 2.05) is 11.3 Å². The molecule has 0 spiro atoms. The molecule has 0 bridgehead atoms. The van der Waals surface area contributed by atoms with Crippen molar-refractivity contribution in [1.29, 1.82) is 0 Å². The van der Waals surface area contributed by atoms with Crippen LogP contribution < -0.4 is 4.90 Å². The van der Waals surface area contributed by atoms with Gasteiger partial charge in [-0.25, -0.2) is 0 Å². The summed E-state index contributed by atoms with van der Waals surface area (Å²) in [6, 6.07) is 72.8. The molecule has 1 aromatic heterocycles. The highest BCUT2D eigenvalue weighted by Gasteiger charge is 2.18. The number of anilines is 3. The Bertz CT molecular complexity index is 2890. The van der Waals surface area contributed by atoms with Gasteiger partial charge < -0.3 is 4.90 Å². The first-order chi connectivity index (χ1) is 25.8. The van der Waals surface area contributed by atoms with Crippen LogP contribution in [-0.2, 0) is 0 Å². The van der Waals surface area contributed by atoms with E-state index in [9.17, 15) is 0 Å². The van der Waals surface area contributed by atoms with Crippen molar-refractivity contribution in [1.82, 2.24) is 0 Å². The Morgan fingerprint density at radius 1 is 0.327 bits per heavy atom. The van der Waals surface area contributed by atoms with Crippen LogP contribution in [0.5, 0.6) is 0 Å². The summed E-state index contributed by atoms with van der Waals surface area (Å²) in [6.45, 7) is 0. The van der Waals surface area contributed by atoms with Crippen molar-refractivity contribution < 1.29 is 0 Å². The predicted octanol–water partition coefficient (Wildman–Crippen LogP) is 14.8. The molecule has 0 unspecified atom stereocenters. The van der Waals surface area contributed by atoms with Crippen molar-refractivity contribution in [2.75, 3.05) is 4.90 Å². The summed E-state index contributed by atoms with van der Waals surface area (Å²) in [5.74, 6) is 0. The normalized spacial score (nSPS) is 11.5. The standard InChI is InChI=1S/C50H33NS/c1-2-13-36(14-3-1)42-16-8-10-20-48(42)51(40-28-24-35(25-29-40)39-23-22-34-12-4-5-15-38(34)32-39)41-30-26-37(27-31-41)46-33-47-44-18-9-11-21-49(44)52-50(47)45-19-7-6-17-43(45)46/h1-33H. The molecule has 10 rings (SSSR count). The highest BCUT2D eigenvalue weighted by molar-refractivity contribution is 7.26. The van der Waals surface area contributed by atoms with E-state index < -0.39 is 0 Å². The van der Waals surface area contributed by atoms with Gasteiger partial charge in [-0.05, 0) is 92.5 Å². The first-order valence-corrected chi connectivity index (χ1v) is 18.6. The van der Waals surface area contributed by atoms with Crippen LogP contribution in [0.25, 0.3) is 75.1 Å². The van der Waals surface area contributed by atoms with Crippen molar-refractivity contribution in [3.63, 3.8) is 0 Å². The summed E-state index contributed by atoms with van der Waals surface area (Å²) in [5.41, 5.74) is 10.6. The molecule has 10 aromatic rings. The highest BCUT2D eigenvalue weighted by Crippen LogP contribution is 2.45. The van der Waals surface area contributed by atoms with Gasteiger partial charge in [-0.3, -0.25) is 0 Å². The molecule has 0 amide bonds. The second-order valence-corrected chi connectivity index (χ2v) is 14.4. The lowest BCUT2D eigenvalue weighted by atomic mass is 9.95. The molecule has 0 fully saturated rings. The minimum Gasteiger partial charge on any atom is -0.310 e. The van der Waals surface area contributed by atoms with Gasteiger partial charge in [0.15, 0.2) is 0 Å². The summed E-state index contributed by atoms with van der Waals surface area (Å²) in [5, 5.41) is 7.74. The number of hydrogen-bond acceptors (Lipinski definition) is 2. The number of rotatable bonds is 6. The minimum atomic E-state index is 1.11. The second kappa shape index (κ2) is 12.7. The molecule has 0 N–H and O–H groups in total. The number of thiophene rings is 1. The highest BCUT2D eigenvalue weighted by atomic mass is 32.1. The Morgan fingerprint density at radius 2 is 0.904 bits per heavy atom. The van der Waals surface area contributed by atoms with Gasteiger partial charge in [-0.1, -0.05) is 152 Å². The van der Waals surface area contributed by atoms with Gasteiger partial charge in [0.2, 0.25) is 0 Å². The lowest BCUT2D eigenvalue weighted by Gasteiger charge is -2.28. The molecule has 0 aliphatic carbocycles. The van der Waals surface area contributed by atoms with Gasteiger partial charge in [-0.2, -0.15) is 0 Å². The van der Waals surface area contributed by atoms with Gasteiger partial charge in [0, 0.05) is 42.5 Å². The second-order valence-electron chi connectivity index (χ2n) is 13.3. The van der Waals surface area contributed by atoms with Gasteiger partial charge in [0.1, 0.15) is 0 Å². The maximum Gasteiger partial charge on any atom is 0.0540 e. The Morgan fingerprint density at radius 3 is 1.69 bits per heavy atom. The predicted molar refractivity (Wildman–Crippen MR) is 225 cm³/mol. The Kier molecular flexibility index (Phi) is 7.41. The fourth-order valence-corrected chi connectivity index (χ4v) is 8.93. The molecule has 244 valence electrons. The topological polar surface area (TPSA) is 3.24 Å². The van der Waals surface area contributed by atoms with Crippen LogP contribution in [-0.4, -0.2) is 0 Å². The Hall–Kier alpha value is -6.48. The fourth-order valence-electron chi connectivity index (χ4n) is 7.71. The molecular weight excluding hydrogens is 647 g/mol. The molecule has 0 radical (unpaired) electrons. The number of hydrogen-bond donors (Lipinski definition) is 0. The third kappa shape index (κ3) is 5.24. The van der Waals surface area contributed by atoms with Crippen LogP contribution in [0, 0.1) is 0 Å². The van der Waals surface area contributed by atoms with E-state index in [0.717, 1.165) is 17.1 Å². The van der Waals surface area contributed by atoms with Crippen molar-refractivity contribution in [2.45, 2.75) is 0 Å². The van der Waals surface area contributed by atoms with Crippen LogP contribution >= 0.6 is 11.3 Å². The number of benzene rings is 9. The molecule has 0 aliphatic heterocycles. The monoisotopic (exact) mass is 679 g/mol. The first-order valence-electron chi connectivity index (χ1n) is 17.8. The van der Waals surface area contributed by atoms with Crippen LogP contribution in [0.2, 0.25) is 0 Å². The van der Waals surface area contributed by atoms with Crippen LogP contribution in [0.15, 0.2) is 200 Å².